The second-order valence-corrected chi connectivity index (χ2v) is 7.73. The van der Waals surface area contributed by atoms with Crippen LogP contribution in [0.25, 0.3) is 0 Å². The first kappa shape index (κ1) is 13.8. The van der Waals surface area contributed by atoms with Crippen LogP contribution < -0.4 is 0 Å². The highest BCUT2D eigenvalue weighted by atomic mass is 32.2. The van der Waals surface area contributed by atoms with Gasteiger partial charge in [-0.25, -0.2) is 8.42 Å². The van der Waals surface area contributed by atoms with Gasteiger partial charge in [-0.05, 0) is 31.1 Å². The van der Waals surface area contributed by atoms with E-state index in [1.807, 2.05) is 0 Å². The van der Waals surface area contributed by atoms with Crippen molar-refractivity contribution in [2.45, 2.75) is 25.7 Å². The number of nitrogens with zero attached hydrogens (tertiary/aromatic N) is 1. The van der Waals surface area contributed by atoms with Crippen LogP contribution in [0, 0.1) is 11.8 Å². The summed E-state index contributed by atoms with van der Waals surface area (Å²) < 4.78 is 22.7. The number of hydrogen-bond donors (Lipinski definition) is 1. The molecule has 0 aromatic heterocycles. The van der Waals surface area contributed by atoms with Gasteiger partial charge in [-0.2, -0.15) is 0 Å². The molecule has 0 saturated carbocycles. The molecule has 1 amide bonds. The topological polar surface area (TPSA) is 74.7 Å². The number of likely N-dealkylation sites (tertiary alicyclic amines) is 1. The zero-order valence-corrected chi connectivity index (χ0v) is 11.4. The summed E-state index contributed by atoms with van der Waals surface area (Å²) in [5.41, 5.74) is 0. The molecule has 0 aromatic rings. The van der Waals surface area contributed by atoms with Crippen LogP contribution in [0.2, 0.25) is 0 Å². The minimum absolute atomic E-state index is 0.00277. The lowest BCUT2D eigenvalue weighted by molar-refractivity contribution is -0.134. The molecule has 2 saturated heterocycles. The van der Waals surface area contributed by atoms with Crippen molar-refractivity contribution in [3.63, 3.8) is 0 Å². The standard InChI is InChI=1S/C12H21NO4S/c14-8-11-2-1-4-13(7-11)12(15)6-10-3-5-18(16,17)9-10/h10-11,14H,1-9H2. The predicted octanol–water partition coefficient (Wildman–Crippen LogP) is 0.0421. The third-order valence-corrected chi connectivity index (χ3v) is 5.76. The largest absolute Gasteiger partial charge is 0.396 e. The van der Waals surface area contributed by atoms with Gasteiger partial charge in [0.25, 0.3) is 0 Å². The van der Waals surface area contributed by atoms with Crippen LogP contribution in [-0.2, 0) is 14.6 Å². The molecule has 2 rings (SSSR count). The molecule has 0 spiro atoms. The van der Waals surface area contributed by atoms with Crippen LogP contribution >= 0.6 is 0 Å². The minimum atomic E-state index is -2.90. The Morgan fingerprint density at radius 2 is 2.06 bits per heavy atom. The van der Waals surface area contributed by atoms with Crippen LogP contribution in [0.3, 0.4) is 0 Å². The molecule has 0 radical (unpaired) electrons. The Labute approximate surface area is 108 Å². The summed E-state index contributed by atoms with van der Waals surface area (Å²) in [6.07, 6.45) is 2.86. The van der Waals surface area contributed by atoms with E-state index >= 15 is 0 Å². The summed E-state index contributed by atoms with van der Waals surface area (Å²) in [5, 5.41) is 9.13. The molecular formula is C12H21NO4S. The molecule has 2 aliphatic heterocycles. The first-order valence-electron chi connectivity index (χ1n) is 6.59. The number of hydrogen-bond acceptors (Lipinski definition) is 4. The van der Waals surface area contributed by atoms with Crippen molar-refractivity contribution < 1.29 is 18.3 Å². The average molecular weight is 275 g/mol. The highest BCUT2D eigenvalue weighted by Gasteiger charge is 2.31. The van der Waals surface area contributed by atoms with Crippen molar-refractivity contribution in [1.29, 1.82) is 0 Å². The summed E-state index contributed by atoms with van der Waals surface area (Å²) in [6, 6.07) is 0. The van der Waals surface area contributed by atoms with Crippen molar-refractivity contribution in [3.8, 4) is 0 Å². The van der Waals surface area contributed by atoms with Gasteiger partial charge in [0.05, 0.1) is 11.5 Å². The Morgan fingerprint density at radius 3 is 2.67 bits per heavy atom. The third-order valence-electron chi connectivity index (χ3n) is 3.92. The SMILES string of the molecule is O=C(CC1CCS(=O)(=O)C1)N1CCCC(CO)C1. The number of piperidine rings is 1. The van der Waals surface area contributed by atoms with Crippen LogP contribution in [0.4, 0.5) is 0 Å². The second-order valence-electron chi connectivity index (χ2n) is 5.50. The summed E-state index contributed by atoms with van der Waals surface area (Å²) >= 11 is 0. The van der Waals surface area contributed by atoms with Crippen molar-refractivity contribution in [2.75, 3.05) is 31.2 Å². The molecular weight excluding hydrogens is 254 g/mol. The maximum absolute atomic E-state index is 12.1. The van der Waals surface area contributed by atoms with Gasteiger partial charge in [0.15, 0.2) is 9.84 Å². The molecule has 5 nitrogen and oxygen atoms in total. The highest BCUT2D eigenvalue weighted by molar-refractivity contribution is 7.91. The van der Waals surface area contributed by atoms with Gasteiger partial charge in [-0.15, -0.1) is 0 Å². The number of rotatable bonds is 3. The minimum Gasteiger partial charge on any atom is -0.396 e. The summed E-state index contributed by atoms with van der Waals surface area (Å²) in [4.78, 5) is 13.9. The van der Waals surface area contributed by atoms with Crippen LogP contribution in [0.5, 0.6) is 0 Å². The zero-order valence-electron chi connectivity index (χ0n) is 10.5. The van der Waals surface area contributed by atoms with Crippen molar-refractivity contribution in [1.82, 2.24) is 4.90 Å². The Balaban J connectivity index is 1.84. The molecule has 6 heteroatoms. The summed E-state index contributed by atoms with van der Waals surface area (Å²) in [7, 11) is -2.90. The molecule has 104 valence electrons. The number of carbonyl (C=O) groups is 1. The predicted molar refractivity (Wildman–Crippen MR) is 67.8 cm³/mol. The molecule has 0 aromatic carbocycles. The fourth-order valence-electron chi connectivity index (χ4n) is 2.85. The molecule has 18 heavy (non-hydrogen) atoms. The number of sulfone groups is 1. The third kappa shape index (κ3) is 3.45. The number of aliphatic hydroxyl groups excluding tert-OH is 1. The van der Waals surface area contributed by atoms with E-state index in [0.29, 0.717) is 19.4 Å². The Hall–Kier alpha value is -0.620. The Morgan fingerprint density at radius 1 is 1.28 bits per heavy atom. The molecule has 1 N–H and O–H groups in total. The molecule has 0 aliphatic carbocycles. The van der Waals surface area contributed by atoms with E-state index in [4.69, 9.17) is 5.11 Å². The van der Waals surface area contributed by atoms with Gasteiger partial charge >= 0.3 is 0 Å². The summed E-state index contributed by atoms with van der Waals surface area (Å²) in [5.74, 6) is 0.627. The number of carbonyl (C=O) groups excluding carboxylic acids is 1. The Bertz CT molecular complexity index is 406. The lowest BCUT2D eigenvalue weighted by atomic mass is 9.97. The Kier molecular flexibility index (Phi) is 4.27. The van der Waals surface area contributed by atoms with Crippen molar-refractivity contribution in [3.05, 3.63) is 0 Å². The van der Waals surface area contributed by atoms with Gasteiger partial charge in [-0.1, -0.05) is 0 Å². The van der Waals surface area contributed by atoms with E-state index in [1.165, 1.54) is 0 Å². The molecule has 2 fully saturated rings. The lowest BCUT2D eigenvalue weighted by Crippen LogP contribution is -2.41. The smallest absolute Gasteiger partial charge is 0.222 e. The van der Waals surface area contributed by atoms with Gasteiger partial charge in [0, 0.05) is 26.1 Å². The highest BCUT2D eigenvalue weighted by Crippen LogP contribution is 2.24. The van der Waals surface area contributed by atoms with E-state index in [9.17, 15) is 13.2 Å². The van der Waals surface area contributed by atoms with E-state index < -0.39 is 9.84 Å². The maximum atomic E-state index is 12.1. The van der Waals surface area contributed by atoms with Gasteiger partial charge in [0.2, 0.25) is 5.91 Å². The van der Waals surface area contributed by atoms with Crippen molar-refractivity contribution >= 4 is 15.7 Å². The van der Waals surface area contributed by atoms with Gasteiger partial charge in [-0.3, -0.25) is 4.79 Å². The zero-order chi connectivity index (χ0) is 13.2. The van der Waals surface area contributed by atoms with Gasteiger partial charge in [0.1, 0.15) is 0 Å². The fourth-order valence-corrected chi connectivity index (χ4v) is 4.71. The number of amides is 1. The van der Waals surface area contributed by atoms with E-state index in [1.54, 1.807) is 4.90 Å². The lowest BCUT2D eigenvalue weighted by Gasteiger charge is -2.32. The van der Waals surface area contributed by atoms with E-state index in [0.717, 1.165) is 19.4 Å². The number of aliphatic hydroxyl groups is 1. The fraction of sp³-hybridized carbons (Fsp3) is 0.917. The second kappa shape index (κ2) is 5.57. The first-order chi connectivity index (χ1) is 8.50. The summed E-state index contributed by atoms with van der Waals surface area (Å²) in [6.45, 7) is 1.49. The van der Waals surface area contributed by atoms with E-state index in [-0.39, 0.29) is 35.9 Å². The van der Waals surface area contributed by atoms with Crippen LogP contribution in [0.1, 0.15) is 25.7 Å². The molecule has 2 heterocycles. The molecule has 0 bridgehead atoms. The van der Waals surface area contributed by atoms with Crippen LogP contribution in [-0.4, -0.2) is 55.5 Å². The van der Waals surface area contributed by atoms with Crippen LogP contribution in [0.15, 0.2) is 0 Å². The first-order valence-corrected chi connectivity index (χ1v) is 8.41. The molecule has 2 atom stereocenters. The molecule has 2 unspecified atom stereocenters. The molecule has 2 aliphatic rings. The normalized spacial score (nSPS) is 31.5. The van der Waals surface area contributed by atoms with Crippen molar-refractivity contribution in [2.24, 2.45) is 11.8 Å². The van der Waals surface area contributed by atoms with E-state index in [2.05, 4.69) is 0 Å². The van der Waals surface area contributed by atoms with Gasteiger partial charge < -0.3 is 10.0 Å². The monoisotopic (exact) mass is 275 g/mol. The quantitative estimate of drug-likeness (QED) is 0.789. The average Bonchev–Trinajstić information content (AvgIpc) is 2.68. The maximum Gasteiger partial charge on any atom is 0.222 e.